The molecule has 0 radical (unpaired) electrons. The monoisotopic (exact) mass is 689 g/mol. The third kappa shape index (κ3) is 5.30. The summed E-state index contributed by atoms with van der Waals surface area (Å²) in [6.45, 7) is -1.58. The molecular formula is C21H25FN11O11PS. The SMILES string of the molecule is COC1C2COS(=O)(=O)NC3C(COP(=O)(O)OC1C(n1cnc4c(=O)[nH]c(N)nc41)O2)OC(n1cnc2c(N)ncnc21)C3F. The lowest BCUT2D eigenvalue weighted by Gasteiger charge is -2.26. The van der Waals surface area contributed by atoms with Crippen molar-refractivity contribution in [1.29, 1.82) is 0 Å². The van der Waals surface area contributed by atoms with E-state index in [0.29, 0.717) is 0 Å². The van der Waals surface area contributed by atoms with E-state index in [1.807, 2.05) is 0 Å². The lowest BCUT2D eigenvalue weighted by atomic mass is 10.1. The standard InChI is InChI=1S/C21H25FN11O11PS/c1-39-13-8-3-41-46(37,38)31-10-7(42-19(9(10)22)32-5-27-11-15(23)25-4-26-16(11)32)2-40-45(35,36)44-14(13)20(43-8)33-6-28-12-17(33)29-21(24)30-18(12)34/h4-10,13-14,19-20,31H,2-3H2,1H3,(H,35,36)(H2,23,25,26)(H3,24,29,30,34). The van der Waals surface area contributed by atoms with Gasteiger partial charge in [-0.05, 0) is 0 Å². The molecular weight excluding hydrogens is 664 g/mol. The number of fused-ring (bicyclic) bond motifs is 5. The van der Waals surface area contributed by atoms with Crippen molar-refractivity contribution in [2.24, 2.45) is 0 Å². The van der Waals surface area contributed by atoms with Crippen LogP contribution in [0, 0.1) is 0 Å². The summed E-state index contributed by atoms with van der Waals surface area (Å²) in [6.07, 6.45) is -7.14. The number of aromatic nitrogens is 8. The number of imidazole rings is 2. The van der Waals surface area contributed by atoms with Gasteiger partial charge < -0.3 is 30.6 Å². The average Bonchev–Trinajstić information content (AvgIpc) is 3.75. The fraction of sp³-hybridized carbons (Fsp3) is 0.524. The molecule has 4 aromatic heterocycles. The molecule has 9 unspecified atom stereocenters. The van der Waals surface area contributed by atoms with Gasteiger partial charge in [0, 0.05) is 7.11 Å². The summed E-state index contributed by atoms with van der Waals surface area (Å²) in [5.41, 5.74) is 10.8. The predicted molar refractivity (Wildman–Crippen MR) is 148 cm³/mol. The second kappa shape index (κ2) is 11.2. The van der Waals surface area contributed by atoms with Gasteiger partial charge in [-0.1, -0.05) is 0 Å². The number of nitrogens with one attached hydrogen (secondary N) is 2. The van der Waals surface area contributed by atoms with Gasteiger partial charge in [0.05, 0.1) is 31.9 Å². The smallest absolute Gasteiger partial charge is 0.382 e. The van der Waals surface area contributed by atoms with Crippen molar-refractivity contribution in [1.82, 2.24) is 43.8 Å². The first kappa shape index (κ1) is 30.9. The summed E-state index contributed by atoms with van der Waals surface area (Å²) < 4.78 is 93.0. The Morgan fingerprint density at radius 2 is 1.78 bits per heavy atom. The van der Waals surface area contributed by atoms with Gasteiger partial charge in [-0.15, -0.1) is 0 Å². The van der Waals surface area contributed by atoms with Gasteiger partial charge in [0.25, 0.3) is 5.56 Å². The number of methoxy groups -OCH3 is 1. The van der Waals surface area contributed by atoms with Crippen LogP contribution >= 0.6 is 7.82 Å². The Morgan fingerprint density at radius 1 is 1.07 bits per heavy atom. The summed E-state index contributed by atoms with van der Waals surface area (Å²) in [5, 5.41) is 0. The van der Waals surface area contributed by atoms with Gasteiger partial charge in [0.15, 0.2) is 41.3 Å². The van der Waals surface area contributed by atoms with Gasteiger partial charge in [-0.3, -0.25) is 32.1 Å². The third-order valence-electron chi connectivity index (χ3n) is 7.60. The van der Waals surface area contributed by atoms with Crippen LogP contribution in [-0.2, 0) is 42.3 Å². The lowest BCUT2D eigenvalue weighted by molar-refractivity contribution is -0.0551. The van der Waals surface area contributed by atoms with Crippen molar-refractivity contribution in [2.45, 2.75) is 49.1 Å². The van der Waals surface area contributed by atoms with Crippen LogP contribution in [0.5, 0.6) is 0 Å². The van der Waals surface area contributed by atoms with E-state index in [-0.39, 0.29) is 34.1 Å². The molecule has 0 aromatic carbocycles. The fourth-order valence-electron chi connectivity index (χ4n) is 5.58. The topological polar surface area (TPSA) is 298 Å². The van der Waals surface area contributed by atoms with Crippen molar-refractivity contribution in [3.05, 3.63) is 29.3 Å². The van der Waals surface area contributed by atoms with E-state index >= 15 is 4.39 Å². The second-order valence-corrected chi connectivity index (χ2v) is 13.1. The van der Waals surface area contributed by atoms with Gasteiger partial charge in [0.1, 0.15) is 36.3 Å². The first-order chi connectivity index (χ1) is 21.9. The number of aromatic amines is 1. The van der Waals surface area contributed by atoms with E-state index < -0.39 is 86.0 Å². The maximum atomic E-state index is 16.0. The van der Waals surface area contributed by atoms with E-state index in [0.717, 1.165) is 12.7 Å². The van der Waals surface area contributed by atoms with Crippen molar-refractivity contribution in [2.75, 3.05) is 31.8 Å². The van der Waals surface area contributed by atoms with E-state index in [1.165, 1.54) is 22.6 Å². The van der Waals surface area contributed by atoms with Crippen molar-refractivity contribution in [3.8, 4) is 0 Å². The molecule has 0 spiro atoms. The molecule has 7 heterocycles. The molecule has 248 valence electrons. The van der Waals surface area contributed by atoms with Crippen LogP contribution in [-0.4, -0.2) is 109 Å². The number of ether oxygens (including phenoxy) is 3. The summed E-state index contributed by atoms with van der Waals surface area (Å²) in [4.78, 5) is 45.5. The summed E-state index contributed by atoms with van der Waals surface area (Å²) in [5.74, 6) is -0.252. The number of rotatable bonds is 3. The van der Waals surface area contributed by atoms with Gasteiger partial charge in [0.2, 0.25) is 5.95 Å². The number of halogens is 1. The number of hydrogen-bond donors (Lipinski definition) is 5. The molecule has 25 heteroatoms. The Bertz CT molecular complexity index is 2030. The summed E-state index contributed by atoms with van der Waals surface area (Å²) in [6, 6.07) is -1.69. The molecule has 22 nitrogen and oxygen atoms in total. The first-order valence-electron chi connectivity index (χ1n) is 13.3. The van der Waals surface area contributed by atoms with E-state index in [9.17, 15) is 22.7 Å². The number of nitrogen functional groups attached to an aromatic ring is 2. The Morgan fingerprint density at radius 3 is 2.54 bits per heavy atom. The number of H-pyrrole nitrogens is 1. The quantitative estimate of drug-likeness (QED) is 0.145. The number of anilines is 2. The van der Waals surface area contributed by atoms with E-state index in [4.69, 9.17) is 38.9 Å². The van der Waals surface area contributed by atoms with Crippen molar-refractivity contribution >= 4 is 52.2 Å². The van der Waals surface area contributed by atoms with Gasteiger partial charge in [-0.2, -0.15) is 18.1 Å². The Kier molecular flexibility index (Phi) is 7.54. The molecule has 0 amide bonds. The Balaban J connectivity index is 1.22. The maximum absolute atomic E-state index is 16.0. The minimum atomic E-state index is -5.08. The molecule has 3 saturated heterocycles. The zero-order chi connectivity index (χ0) is 32.5. The van der Waals surface area contributed by atoms with Gasteiger partial charge >= 0.3 is 18.1 Å². The number of nitrogens with two attached hydrogens (primary N) is 2. The number of phosphoric acid groups is 1. The van der Waals surface area contributed by atoms with Crippen LogP contribution in [0.25, 0.3) is 22.3 Å². The van der Waals surface area contributed by atoms with Crippen LogP contribution < -0.4 is 21.7 Å². The van der Waals surface area contributed by atoms with Crippen LogP contribution in [0.4, 0.5) is 16.2 Å². The molecule has 7 N–H and O–H groups in total. The highest BCUT2D eigenvalue weighted by atomic mass is 32.2. The molecule has 3 aliphatic rings. The summed E-state index contributed by atoms with van der Waals surface area (Å²) in [7, 11) is -8.61. The lowest BCUT2D eigenvalue weighted by Crippen LogP contribution is -2.48. The Hall–Kier alpha value is -3.71. The molecule has 0 saturated carbocycles. The van der Waals surface area contributed by atoms with Crippen LogP contribution in [0.1, 0.15) is 12.5 Å². The highest BCUT2D eigenvalue weighted by molar-refractivity contribution is 7.84. The summed E-state index contributed by atoms with van der Waals surface area (Å²) >= 11 is 0. The second-order valence-electron chi connectivity index (χ2n) is 10.3. The molecule has 3 aliphatic heterocycles. The van der Waals surface area contributed by atoms with E-state index in [2.05, 4.69) is 34.6 Å². The maximum Gasteiger partial charge on any atom is 0.472 e. The zero-order valence-electron chi connectivity index (χ0n) is 23.3. The third-order valence-corrected chi connectivity index (χ3v) is 9.59. The highest BCUT2D eigenvalue weighted by Crippen LogP contribution is 2.51. The fourth-order valence-corrected chi connectivity index (χ4v) is 7.51. The number of phosphoric ester groups is 1. The molecule has 0 aliphatic carbocycles. The van der Waals surface area contributed by atoms with E-state index in [1.54, 1.807) is 0 Å². The largest absolute Gasteiger partial charge is 0.472 e. The number of nitrogens with zero attached hydrogens (tertiary/aromatic N) is 7. The Labute approximate surface area is 256 Å². The average molecular weight is 690 g/mol. The van der Waals surface area contributed by atoms with Crippen LogP contribution in [0.15, 0.2) is 23.8 Å². The van der Waals surface area contributed by atoms with Crippen LogP contribution in [0.2, 0.25) is 0 Å². The molecule has 7 rings (SSSR count). The number of alkyl halides is 1. The molecule has 4 aromatic rings. The predicted octanol–water partition coefficient (Wildman–Crippen LogP) is -1.99. The van der Waals surface area contributed by atoms with Crippen molar-refractivity contribution in [3.63, 3.8) is 0 Å². The highest BCUT2D eigenvalue weighted by Gasteiger charge is 2.53. The number of hydrogen-bond acceptors (Lipinski definition) is 17. The molecule has 46 heavy (non-hydrogen) atoms. The minimum Gasteiger partial charge on any atom is -0.382 e. The zero-order valence-corrected chi connectivity index (χ0v) is 25.0. The normalized spacial score (nSPS) is 35.0. The van der Waals surface area contributed by atoms with Crippen LogP contribution in [0.3, 0.4) is 0 Å². The minimum absolute atomic E-state index is 0.00905. The molecule has 9 atom stereocenters. The van der Waals surface area contributed by atoms with Crippen molar-refractivity contribution < 1.29 is 49.7 Å². The molecule has 2 bridgehead atoms. The van der Waals surface area contributed by atoms with Gasteiger partial charge in [-0.25, -0.2) is 28.9 Å². The first-order valence-corrected chi connectivity index (χ1v) is 16.2. The molecule has 3 fully saturated rings.